The molecular formula is C14H26N4. The molecule has 0 atom stereocenters. The van der Waals surface area contributed by atoms with Gasteiger partial charge in [0.05, 0.1) is 18.1 Å². The van der Waals surface area contributed by atoms with E-state index in [9.17, 15) is 0 Å². The normalized spacial score (nSPS) is 10.9. The van der Waals surface area contributed by atoms with Gasteiger partial charge < -0.3 is 10.2 Å². The first kappa shape index (κ1) is 14.9. The molecule has 0 unspecified atom stereocenters. The van der Waals surface area contributed by atoms with Gasteiger partial charge in [0.1, 0.15) is 5.82 Å². The van der Waals surface area contributed by atoms with Crippen molar-refractivity contribution in [3.8, 4) is 0 Å². The third kappa shape index (κ3) is 4.61. The number of nitrogens with zero attached hydrogens (tertiary/aromatic N) is 3. The molecule has 0 amide bonds. The highest BCUT2D eigenvalue weighted by atomic mass is 15.2. The van der Waals surface area contributed by atoms with Crippen molar-refractivity contribution in [1.29, 1.82) is 0 Å². The van der Waals surface area contributed by atoms with Crippen LogP contribution in [0.25, 0.3) is 0 Å². The number of rotatable bonds is 8. The van der Waals surface area contributed by atoms with Crippen molar-refractivity contribution >= 4 is 5.82 Å². The van der Waals surface area contributed by atoms with Crippen molar-refractivity contribution in [3.63, 3.8) is 0 Å². The minimum Gasteiger partial charge on any atom is -0.353 e. The predicted octanol–water partition coefficient (Wildman–Crippen LogP) is 2.60. The maximum Gasteiger partial charge on any atom is 0.147 e. The molecule has 0 fully saturated rings. The van der Waals surface area contributed by atoms with E-state index in [-0.39, 0.29) is 0 Å². The second kappa shape index (κ2) is 8.03. The molecule has 0 saturated carbocycles. The Hall–Kier alpha value is -1.16. The van der Waals surface area contributed by atoms with Crippen LogP contribution in [0.1, 0.15) is 45.7 Å². The first-order chi connectivity index (χ1) is 8.69. The van der Waals surface area contributed by atoms with E-state index in [1.165, 1.54) is 19.3 Å². The highest BCUT2D eigenvalue weighted by molar-refractivity contribution is 5.36. The molecule has 18 heavy (non-hydrogen) atoms. The Morgan fingerprint density at radius 2 is 2.00 bits per heavy atom. The maximum atomic E-state index is 4.52. The summed E-state index contributed by atoms with van der Waals surface area (Å²) in [5.41, 5.74) is 0.985. The van der Waals surface area contributed by atoms with Gasteiger partial charge in [-0.25, -0.2) is 4.98 Å². The number of anilines is 1. The summed E-state index contributed by atoms with van der Waals surface area (Å²) in [7, 11) is 1.92. The summed E-state index contributed by atoms with van der Waals surface area (Å²) in [6.45, 7) is 8.46. The van der Waals surface area contributed by atoms with Gasteiger partial charge in [-0.05, 0) is 27.3 Å². The summed E-state index contributed by atoms with van der Waals surface area (Å²) in [5.74, 6) is 0.987. The van der Waals surface area contributed by atoms with Crippen molar-refractivity contribution < 1.29 is 0 Å². The van der Waals surface area contributed by atoms with E-state index in [2.05, 4.69) is 41.0 Å². The van der Waals surface area contributed by atoms with Gasteiger partial charge in [-0.3, -0.25) is 4.98 Å². The first-order valence-electron chi connectivity index (χ1n) is 6.91. The van der Waals surface area contributed by atoms with Crippen LogP contribution >= 0.6 is 0 Å². The van der Waals surface area contributed by atoms with Crippen LogP contribution in [0.3, 0.4) is 0 Å². The fourth-order valence-corrected chi connectivity index (χ4v) is 1.94. The van der Waals surface area contributed by atoms with E-state index in [1.807, 2.05) is 19.4 Å². The smallest absolute Gasteiger partial charge is 0.147 e. The summed E-state index contributed by atoms with van der Waals surface area (Å²) >= 11 is 0. The zero-order chi connectivity index (χ0) is 13.4. The Morgan fingerprint density at radius 1 is 1.22 bits per heavy atom. The lowest BCUT2D eigenvalue weighted by molar-refractivity contribution is 0.617. The van der Waals surface area contributed by atoms with Crippen LogP contribution in [0.4, 0.5) is 5.82 Å². The molecule has 0 aliphatic rings. The number of nitrogens with one attached hydrogen (secondary N) is 1. The number of hydrogen-bond donors (Lipinski definition) is 1. The van der Waals surface area contributed by atoms with Crippen molar-refractivity contribution in [3.05, 3.63) is 18.1 Å². The van der Waals surface area contributed by atoms with E-state index in [4.69, 9.17) is 0 Å². The topological polar surface area (TPSA) is 41.1 Å². The molecule has 0 aromatic carbocycles. The lowest BCUT2D eigenvalue weighted by Gasteiger charge is -2.27. The summed E-state index contributed by atoms with van der Waals surface area (Å²) in [4.78, 5) is 11.3. The van der Waals surface area contributed by atoms with Crippen LogP contribution in [0.15, 0.2) is 12.4 Å². The second-order valence-electron chi connectivity index (χ2n) is 4.89. The second-order valence-corrected chi connectivity index (χ2v) is 4.89. The SMILES string of the molecule is CCCCCN(c1cnc(CNC)cn1)C(C)C. The summed E-state index contributed by atoms with van der Waals surface area (Å²) in [6.07, 6.45) is 7.49. The molecule has 0 aliphatic carbocycles. The molecule has 1 N–H and O–H groups in total. The van der Waals surface area contributed by atoms with E-state index < -0.39 is 0 Å². The highest BCUT2D eigenvalue weighted by Gasteiger charge is 2.11. The van der Waals surface area contributed by atoms with Crippen LogP contribution in [-0.2, 0) is 6.54 Å². The van der Waals surface area contributed by atoms with Crippen molar-refractivity contribution in [1.82, 2.24) is 15.3 Å². The fraction of sp³-hybridized carbons (Fsp3) is 0.714. The summed E-state index contributed by atoms with van der Waals surface area (Å²) in [5, 5.41) is 3.08. The molecule has 0 spiro atoms. The van der Waals surface area contributed by atoms with Gasteiger partial charge >= 0.3 is 0 Å². The maximum absolute atomic E-state index is 4.52. The Morgan fingerprint density at radius 3 is 2.50 bits per heavy atom. The molecule has 0 aliphatic heterocycles. The molecule has 102 valence electrons. The Balaban J connectivity index is 2.66. The monoisotopic (exact) mass is 250 g/mol. The summed E-state index contributed by atoms with van der Waals surface area (Å²) in [6, 6.07) is 0.464. The Bertz CT molecular complexity index is 321. The zero-order valence-corrected chi connectivity index (χ0v) is 12.1. The van der Waals surface area contributed by atoms with Crippen LogP contribution in [-0.4, -0.2) is 29.6 Å². The molecule has 4 heteroatoms. The molecule has 0 bridgehead atoms. The first-order valence-corrected chi connectivity index (χ1v) is 6.91. The van der Waals surface area contributed by atoms with Crippen LogP contribution in [0.5, 0.6) is 0 Å². The van der Waals surface area contributed by atoms with Crippen LogP contribution < -0.4 is 10.2 Å². The third-order valence-electron chi connectivity index (χ3n) is 2.97. The summed E-state index contributed by atoms with van der Waals surface area (Å²) < 4.78 is 0. The van der Waals surface area contributed by atoms with E-state index in [0.29, 0.717) is 6.04 Å². The standard InChI is InChI=1S/C14H26N4/c1-5-6-7-8-18(12(2)3)14-11-16-13(9-15-4)10-17-14/h10-12,15H,5-9H2,1-4H3. The fourth-order valence-electron chi connectivity index (χ4n) is 1.94. The van der Waals surface area contributed by atoms with Crippen molar-refractivity contribution in [2.45, 2.75) is 52.6 Å². The molecule has 0 saturated heterocycles. The lowest BCUT2D eigenvalue weighted by Crippen LogP contribution is -2.32. The van der Waals surface area contributed by atoms with Gasteiger partial charge in [0, 0.05) is 19.1 Å². The van der Waals surface area contributed by atoms with Gasteiger partial charge in [-0.1, -0.05) is 19.8 Å². The van der Waals surface area contributed by atoms with Gasteiger partial charge in [0.15, 0.2) is 0 Å². The minimum absolute atomic E-state index is 0.464. The predicted molar refractivity (Wildman–Crippen MR) is 76.8 cm³/mol. The van der Waals surface area contributed by atoms with E-state index in [0.717, 1.165) is 24.6 Å². The van der Waals surface area contributed by atoms with Crippen molar-refractivity contribution in [2.24, 2.45) is 0 Å². The van der Waals surface area contributed by atoms with Gasteiger partial charge in [-0.2, -0.15) is 0 Å². The van der Waals surface area contributed by atoms with Gasteiger partial charge in [-0.15, -0.1) is 0 Å². The quantitative estimate of drug-likeness (QED) is 0.720. The average Bonchev–Trinajstić information content (AvgIpc) is 2.36. The minimum atomic E-state index is 0.464. The number of hydrogen-bond acceptors (Lipinski definition) is 4. The number of aromatic nitrogens is 2. The number of unbranched alkanes of at least 4 members (excludes halogenated alkanes) is 2. The lowest BCUT2D eigenvalue weighted by atomic mass is 10.2. The van der Waals surface area contributed by atoms with Gasteiger partial charge in [0.2, 0.25) is 0 Å². The molecule has 1 aromatic rings. The van der Waals surface area contributed by atoms with E-state index in [1.54, 1.807) is 0 Å². The highest BCUT2D eigenvalue weighted by Crippen LogP contribution is 2.14. The van der Waals surface area contributed by atoms with Gasteiger partial charge in [0.25, 0.3) is 0 Å². The average molecular weight is 250 g/mol. The largest absolute Gasteiger partial charge is 0.353 e. The molecular weight excluding hydrogens is 224 g/mol. The van der Waals surface area contributed by atoms with Crippen molar-refractivity contribution in [2.75, 3.05) is 18.5 Å². The van der Waals surface area contributed by atoms with Crippen LogP contribution in [0.2, 0.25) is 0 Å². The molecule has 4 nitrogen and oxygen atoms in total. The molecule has 1 aromatic heterocycles. The third-order valence-corrected chi connectivity index (χ3v) is 2.97. The molecule has 0 radical (unpaired) electrons. The Labute approximate surface area is 111 Å². The molecule has 1 heterocycles. The molecule has 1 rings (SSSR count). The van der Waals surface area contributed by atoms with Crippen LogP contribution in [0, 0.1) is 0 Å². The zero-order valence-electron chi connectivity index (χ0n) is 12.1. The Kier molecular flexibility index (Phi) is 6.65. The van der Waals surface area contributed by atoms with E-state index >= 15 is 0 Å².